The number of hydrogen-bond acceptors (Lipinski definition) is 2. The van der Waals surface area contributed by atoms with Crippen LogP contribution in [0.15, 0.2) is 54.6 Å². The zero-order chi connectivity index (χ0) is 16.6. The van der Waals surface area contributed by atoms with Crippen molar-refractivity contribution in [2.24, 2.45) is 5.92 Å². The number of benzene rings is 2. The van der Waals surface area contributed by atoms with Crippen molar-refractivity contribution in [3.05, 3.63) is 71.3 Å². The smallest absolute Gasteiger partial charge is 0.228 e. The molecule has 1 fully saturated rings. The first kappa shape index (κ1) is 15.5. The summed E-state index contributed by atoms with van der Waals surface area (Å²) >= 11 is 0. The highest BCUT2D eigenvalue weighted by Gasteiger charge is 2.45. The number of nitrogens with zero attached hydrogens (tertiary/aromatic N) is 1. The topological polar surface area (TPSA) is 37.4 Å². The average molecular weight is 307 g/mol. The molecule has 3 nitrogen and oxygen atoms in total. The van der Waals surface area contributed by atoms with Crippen LogP contribution in [0, 0.1) is 5.92 Å². The van der Waals surface area contributed by atoms with Gasteiger partial charge in [0.15, 0.2) is 5.78 Å². The van der Waals surface area contributed by atoms with Gasteiger partial charge in [-0.3, -0.25) is 9.59 Å². The fraction of sp³-hybridized carbons (Fsp3) is 0.300. The van der Waals surface area contributed by atoms with Gasteiger partial charge in [0.25, 0.3) is 0 Å². The van der Waals surface area contributed by atoms with E-state index in [2.05, 4.69) is 6.92 Å². The van der Waals surface area contributed by atoms with Crippen molar-refractivity contribution < 1.29 is 9.59 Å². The lowest BCUT2D eigenvalue weighted by atomic mass is 9.84. The second-order valence-corrected chi connectivity index (χ2v) is 6.27. The Labute approximate surface area is 136 Å². The van der Waals surface area contributed by atoms with Crippen LogP contribution >= 0.6 is 0 Å². The highest BCUT2D eigenvalue weighted by Crippen LogP contribution is 2.39. The third kappa shape index (κ3) is 2.67. The highest BCUT2D eigenvalue weighted by atomic mass is 16.2. The summed E-state index contributed by atoms with van der Waals surface area (Å²) in [6.07, 6.45) is 0. The summed E-state index contributed by atoms with van der Waals surface area (Å²) < 4.78 is 0. The minimum Gasteiger partial charge on any atom is -0.328 e. The van der Waals surface area contributed by atoms with E-state index < -0.39 is 0 Å². The lowest BCUT2D eigenvalue weighted by Crippen LogP contribution is -2.59. The fourth-order valence-corrected chi connectivity index (χ4v) is 3.24. The van der Waals surface area contributed by atoms with Crippen molar-refractivity contribution in [3.8, 4) is 0 Å². The Balaban J connectivity index is 2.08. The largest absolute Gasteiger partial charge is 0.328 e. The van der Waals surface area contributed by atoms with Crippen LogP contribution in [0.1, 0.15) is 48.3 Å². The Morgan fingerprint density at radius 2 is 1.65 bits per heavy atom. The van der Waals surface area contributed by atoms with E-state index in [4.69, 9.17) is 0 Å². The Bertz CT molecular complexity index is 738. The predicted octanol–water partition coefficient (Wildman–Crippen LogP) is 3.85. The maximum absolute atomic E-state index is 12.4. The molecule has 0 aliphatic carbocycles. The molecule has 23 heavy (non-hydrogen) atoms. The molecule has 1 aliphatic heterocycles. The van der Waals surface area contributed by atoms with Gasteiger partial charge in [0.2, 0.25) is 5.91 Å². The van der Waals surface area contributed by atoms with Crippen LogP contribution in [-0.4, -0.2) is 22.6 Å². The number of hydrogen-bond donors (Lipinski definition) is 0. The van der Waals surface area contributed by atoms with Gasteiger partial charge in [0.05, 0.1) is 12.0 Å². The molecule has 1 saturated heterocycles. The number of rotatable bonds is 4. The number of β-lactam (4-membered cyclic amide) rings is 1. The Morgan fingerprint density at radius 3 is 2.26 bits per heavy atom. The molecule has 0 bridgehead atoms. The molecular formula is C20H21NO2. The number of Topliss-reactive ketones (excluding diaryl/α,β-unsaturated/α-hetero) is 1. The second-order valence-electron chi connectivity index (χ2n) is 6.27. The lowest BCUT2D eigenvalue weighted by Gasteiger charge is -2.49. The molecule has 3 rings (SSSR count). The average Bonchev–Trinajstić information content (AvgIpc) is 2.59. The summed E-state index contributed by atoms with van der Waals surface area (Å²) in [5.74, 6) is 0.256. The molecule has 3 unspecified atom stereocenters. The van der Waals surface area contributed by atoms with Crippen molar-refractivity contribution in [2.75, 3.05) is 0 Å². The van der Waals surface area contributed by atoms with Gasteiger partial charge in [-0.05, 0) is 31.0 Å². The van der Waals surface area contributed by atoms with E-state index in [1.807, 2.05) is 66.4 Å². The van der Waals surface area contributed by atoms with Gasteiger partial charge >= 0.3 is 0 Å². The van der Waals surface area contributed by atoms with Gasteiger partial charge in [-0.2, -0.15) is 0 Å². The third-order valence-corrected chi connectivity index (χ3v) is 4.81. The van der Waals surface area contributed by atoms with Crippen LogP contribution in [0.2, 0.25) is 0 Å². The molecule has 1 aliphatic rings. The van der Waals surface area contributed by atoms with Crippen molar-refractivity contribution in [1.82, 2.24) is 4.90 Å². The fourth-order valence-electron chi connectivity index (χ4n) is 3.24. The first-order valence-corrected chi connectivity index (χ1v) is 7.98. The summed E-state index contributed by atoms with van der Waals surface area (Å²) in [6, 6.07) is 17.7. The van der Waals surface area contributed by atoms with Gasteiger partial charge in [-0.25, -0.2) is 0 Å². The molecule has 0 spiro atoms. The molecule has 0 aromatic heterocycles. The second kappa shape index (κ2) is 5.99. The molecule has 3 atom stereocenters. The van der Waals surface area contributed by atoms with Gasteiger partial charge in [0.1, 0.15) is 0 Å². The normalized spacial score (nSPS) is 21.7. The quantitative estimate of drug-likeness (QED) is 0.635. The molecule has 1 heterocycles. The van der Waals surface area contributed by atoms with E-state index in [-0.39, 0.29) is 29.7 Å². The molecule has 2 aromatic rings. The molecule has 0 N–H and O–H groups in total. The Morgan fingerprint density at radius 1 is 1.00 bits per heavy atom. The minimum atomic E-state index is -0.144. The molecule has 0 saturated carbocycles. The van der Waals surface area contributed by atoms with Crippen LogP contribution < -0.4 is 0 Å². The third-order valence-electron chi connectivity index (χ3n) is 4.81. The number of carbonyl (C=O) groups is 2. The number of carbonyl (C=O) groups excluding carboxylic acids is 2. The predicted molar refractivity (Wildman–Crippen MR) is 90.2 cm³/mol. The molecule has 3 heteroatoms. The SMILES string of the molecule is CC(=O)c1cccc(C(c2ccccc2)N2C(=O)C(C)C2C)c1. The van der Waals surface area contributed by atoms with Gasteiger partial charge in [0, 0.05) is 11.6 Å². The summed E-state index contributed by atoms with van der Waals surface area (Å²) in [5.41, 5.74) is 2.73. The maximum atomic E-state index is 12.4. The molecule has 118 valence electrons. The molecule has 0 radical (unpaired) electrons. The Hall–Kier alpha value is -2.42. The van der Waals surface area contributed by atoms with Crippen LogP contribution in [0.4, 0.5) is 0 Å². The van der Waals surface area contributed by atoms with E-state index in [9.17, 15) is 9.59 Å². The first-order valence-electron chi connectivity index (χ1n) is 7.98. The Kier molecular flexibility index (Phi) is 4.03. The van der Waals surface area contributed by atoms with E-state index in [1.165, 1.54) is 0 Å². The lowest BCUT2D eigenvalue weighted by molar-refractivity contribution is -0.156. The van der Waals surface area contributed by atoms with E-state index in [0.29, 0.717) is 5.56 Å². The summed E-state index contributed by atoms with van der Waals surface area (Å²) in [6.45, 7) is 5.62. The van der Waals surface area contributed by atoms with Crippen molar-refractivity contribution in [3.63, 3.8) is 0 Å². The molecule has 1 amide bonds. The first-order chi connectivity index (χ1) is 11.0. The highest BCUT2D eigenvalue weighted by molar-refractivity contribution is 5.94. The van der Waals surface area contributed by atoms with Gasteiger partial charge in [-0.1, -0.05) is 55.5 Å². The van der Waals surface area contributed by atoms with Gasteiger partial charge in [-0.15, -0.1) is 0 Å². The van der Waals surface area contributed by atoms with Crippen LogP contribution in [0.3, 0.4) is 0 Å². The maximum Gasteiger partial charge on any atom is 0.228 e. The summed E-state index contributed by atoms with van der Waals surface area (Å²) in [5, 5.41) is 0. The molecule has 2 aromatic carbocycles. The number of amides is 1. The van der Waals surface area contributed by atoms with Gasteiger partial charge < -0.3 is 4.90 Å². The summed E-state index contributed by atoms with van der Waals surface area (Å²) in [7, 11) is 0. The van der Waals surface area contributed by atoms with Crippen LogP contribution in [0.25, 0.3) is 0 Å². The van der Waals surface area contributed by atoms with E-state index in [0.717, 1.165) is 11.1 Å². The van der Waals surface area contributed by atoms with E-state index >= 15 is 0 Å². The number of ketones is 1. The minimum absolute atomic E-state index is 0.0371. The monoisotopic (exact) mass is 307 g/mol. The van der Waals surface area contributed by atoms with Crippen molar-refractivity contribution in [2.45, 2.75) is 32.9 Å². The number of likely N-dealkylation sites (tertiary alicyclic amines) is 1. The summed E-state index contributed by atoms with van der Waals surface area (Å²) in [4.78, 5) is 26.1. The van der Waals surface area contributed by atoms with Crippen LogP contribution in [0.5, 0.6) is 0 Å². The standard InChI is InChI=1S/C20H21NO2/c1-13-14(2)21(20(13)23)19(16-8-5-4-6-9-16)18-11-7-10-17(12-18)15(3)22/h4-14,19H,1-3H3. The molecular weight excluding hydrogens is 286 g/mol. The zero-order valence-corrected chi connectivity index (χ0v) is 13.7. The van der Waals surface area contributed by atoms with Crippen molar-refractivity contribution in [1.29, 1.82) is 0 Å². The van der Waals surface area contributed by atoms with E-state index in [1.54, 1.807) is 6.92 Å². The zero-order valence-electron chi connectivity index (χ0n) is 13.7. The van der Waals surface area contributed by atoms with Crippen LogP contribution in [-0.2, 0) is 4.79 Å². The van der Waals surface area contributed by atoms with Crippen molar-refractivity contribution >= 4 is 11.7 Å².